The number of nitrogens with zero attached hydrogens (tertiary/aromatic N) is 1. The Morgan fingerprint density at radius 2 is 2.29 bits per heavy atom. The number of carbonyl (C=O) groups is 2. The largest absolute Gasteiger partial charge is 0.507 e. The van der Waals surface area contributed by atoms with Crippen LogP contribution in [0.3, 0.4) is 0 Å². The van der Waals surface area contributed by atoms with Crippen LogP contribution in [0.15, 0.2) is 12.1 Å². The van der Waals surface area contributed by atoms with Gasteiger partial charge in [-0.1, -0.05) is 0 Å². The quantitative estimate of drug-likeness (QED) is 0.623. The molecule has 0 saturated carbocycles. The lowest BCUT2D eigenvalue weighted by atomic mass is 10.0. The van der Waals surface area contributed by atoms with Crippen LogP contribution in [0.25, 0.3) is 0 Å². The maximum atomic E-state index is 11.3. The summed E-state index contributed by atoms with van der Waals surface area (Å²) in [4.78, 5) is 21.9. The van der Waals surface area contributed by atoms with Crippen molar-refractivity contribution in [3.05, 3.63) is 28.8 Å². The maximum absolute atomic E-state index is 11.3. The van der Waals surface area contributed by atoms with E-state index in [1.54, 1.807) is 13.0 Å². The van der Waals surface area contributed by atoms with Crippen LogP contribution in [-0.4, -0.2) is 24.0 Å². The number of hydrogen-bond donors (Lipinski definition) is 1. The second kappa shape index (κ2) is 5.66. The number of ether oxygens (including phenoxy) is 1. The van der Waals surface area contributed by atoms with Gasteiger partial charge in [0.15, 0.2) is 0 Å². The van der Waals surface area contributed by atoms with Crippen molar-refractivity contribution in [1.29, 1.82) is 5.26 Å². The van der Waals surface area contributed by atoms with Crippen LogP contribution < -0.4 is 0 Å². The van der Waals surface area contributed by atoms with Crippen molar-refractivity contribution in [3.8, 4) is 11.8 Å². The van der Waals surface area contributed by atoms with Crippen molar-refractivity contribution < 1.29 is 19.4 Å². The van der Waals surface area contributed by atoms with E-state index in [2.05, 4.69) is 0 Å². The van der Waals surface area contributed by atoms with Crippen LogP contribution in [0, 0.1) is 11.3 Å². The molecule has 0 unspecified atom stereocenters. The second-order valence-electron chi connectivity index (χ2n) is 3.29. The molecular weight excluding hydrogens is 222 g/mol. The van der Waals surface area contributed by atoms with Crippen LogP contribution >= 0.6 is 0 Å². The fraction of sp³-hybridized carbons (Fsp3) is 0.250. The van der Waals surface area contributed by atoms with Gasteiger partial charge < -0.3 is 9.84 Å². The average Bonchev–Trinajstić information content (AvgIpc) is 2.28. The van der Waals surface area contributed by atoms with Crippen LogP contribution in [-0.2, 0) is 16.0 Å². The predicted octanol–water partition coefficient (Wildman–Crippen LogP) is 1.18. The number of rotatable bonds is 4. The topological polar surface area (TPSA) is 87.4 Å². The van der Waals surface area contributed by atoms with Crippen molar-refractivity contribution in [3.63, 3.8) is 0 Å². The summed E-state index contributed by atoms with van der Waals surface area (Å²) in [6.07, 6.45) is 0.390. The summed E-state index contributed by atoms with van der Waals surface area (Å²) in [6.45, 7) is 1.91. The van der Waals surface area contributed by atoms with E-state index in [9.17, 15) is 14.7 Å². The zero-order valence-electron chi connectivity index (χ0n) is 9.27. The summed E-state index contributed by atoms with van der Waals surface area (Å²) >= 11 is 0. The zero-order chi connectivity index (χ0) is 12.8. The van der Waals surface area contributed by atoms with Gasteiger partial charge in [0, 0.05) is 5.56 Å². The Labute approximate surface area is 98.2 Å². The molecule has 0 fully saturated rings. The third-order valence-electron chi connectivity index (χ3n) is 2.11. The van der Waals surface area contributed by atoms with Gasteiger partial charge >= 0.3 is 5.97 Å². The molecule has 0 atom stereocenters. The lowest BCUT2D eigenvalue weighted by Crippen LogP contribution is -2.09. The summed E-state index contributed by atoms with van der Waals surface area (Å²) in [5.41, 5.74) is 0.484. The van der Waals surface area contributed by atoms with Crippen molar-refractivity contribution >= 4 is 12.3 Å². The van der Waals surface area contributed by atoms with Crippen LogP contribution in [0.1, 0.15) is 28.4 Å². The molecule has 0 spiro atoms. The van der Waals surface area contributed by atoms with Gasteiger partial charge in [-0.2, -0.15) is 5.26 Å². The Bertz CT molecular complexity index is 488. The molecule has 88 valence electrons. The molecule has 1 aromatic carbocycles. The van der Waals surface area contributed by atoms with Crippen LogP contribution in [0.4, 0.5) is 0 Å². The van der Waals surface area contributed by atoms with Gasteiger partial charge in [0.25, 0.3) is 0 Å². The summed E-state index contributed by atoms with van der Waals surface area (Å²) < 4.78 is 4.74. The highest BCUT2D eigenvalue weighted by atomic mass is 16.5. The van der Waals surface area contributed by atoms with Crippen molar-refractivity contribution in [2.24, 2.45) is 0 Å². The lowest BCUT2D eigenvalue weighted by molar-refractivity contribution is -0.142. The fourth-order valence-corrected chi connectivity index (χ4v) is 1.41. The van der Waals surface area contributed by atoms with E-state index in [-0.39, 0.29) is 35.5 Å². The second-order valence-corrected chi connectivity index (χ2v) is 3.29. The highest BCUT2D eigenvalue weighted by Gasteiger charge is 2.13. The predicted molar refractivity (Wildman–Crippen MR) is 58.5 cm³/mol. The normalized spacial score (nSPS) is 9.41. The monoisotopic (exact) mass is 233 g/mol. The average molecular weight is 233 g/mol. The standard InChI is InChI=1S/C12H11NO4/c1-2-17-12(16)5-9-3-8(7-14)4-11(15)10(9)6-13/h3-4,7,15H,2,5H2,1H3. The molecule has 0 radical (unpaired) electrons. The molecule has 0 heterocycles. The molecule has 0 aliphatic carbocycles. The third kappa shape index (κ3) is 3.05. The minimum Gasteiger partial charge on any atom is -0.507 e. The van der Waals surface area contributed by atoms with Gasteiger partial charge in [-0.05, 0) is 24.6 Å². The van der Waals surface area contributed by atoms with E-state index < -0.39 is 5.97 Å². The van der Waals surface area contributed by atoms with E-state index >= 15 is 0 Å². The van der Waals surface area contributed by atoms with Crippen molar-refractivity contribution in [2.75, 3.05) is 6.61 Å². The minimum atomic E-state index is -0.508. The van der Waals surface area contributed by atoms with Crippen molar-refractivity contribution in [2.45, 2.75) is 13.3 Å². The minimum absolute atomic E-state index is 0.0105. The molecule has 0 aliphatic heterocycles. The summed E-state index contributed by atoms with van der Waals surface area (Å²) in [7, 11) is 0. The number of aromatic hydroxyl groups is 1. The Morgan fingerprint density at radius 1 is 1.59 bits per heavy atom. The first kappa shape index (κ1) is 12.7. The maximum Gasteiger partial charge on any atom is 0.310 e. The summed E-state index contributed by atoms with van der Waals surface area (Å²) in [6, 6.07) is 4.36. The van der Waals surface area contributed by atoms with E-state index in [4.69, 9.17) is 10.00 Å². The Morgan fingerprint density at radius 3 is 2.82 bits per heavy atom. The SMILES string of the molecule is CCOC(=O)Cc1cc(C=O)cc(O)c1C#N. The lowest BCUT2D eigenvalue weighted by Gasteiger charge is -2.06. The number of aldehydes is 1. The molecule has 0 aliphatic rings. The molecule has 0 saturated heterocycles. The highest BCUT2D eigenvalue weighted by Crippen LogP contribution is 2.22. The number of esters is 1. The van der Waals surface area contributed by atoms with Gasteiger partial charge in [0.2, 0.25) is 0 Å². The van der Waals surface area contributed by atoms with Crippen molar-refractivity contribution in [1.82, 2.24) is 0 Å². The molecule has 0 bridgehead atoms. The van der Waals surface area contributed by atoms with Crippen LogP contribution in [0.5, 0.6) is 5.75 Å². The molecule has 5 heteroatoms. The van der Waals surface area contributed by atoms with Gasteiger partial charge in [0.05, 0.1) is 18.6 Å². The number of phenols is 1. The zero-order valence-corrected chi connectivity index (χ0v) is 9.27. The molecule has 0 amide bonds. The number of hydrogen-bond acceptors (Lipinski definition) is 5. The molecule has 1 aromatic rings. The molecule has 0 aromatic heterocycles. The van der Waals surface area contributed by atoms with Gasteiger partial charge in [-0.25, -0.2) is 0 Å². The number of phenolic OH excluding ortho intramolecular Hbond substituents is 1. The Kier molecular flexibility index (Phi) is 4.23. The molecule has 17 heavy (non-hydrogen) atoms. The fourth-order valence-electron chi connectivity index (χ4n) is 1.41. The van der Waals surface area contributed by atoms with Gasteiger partial charge in [-0.3, -0.25) is 9.59 Å². The highest BCUT2D eigenvalue weighted by molar-refractivity contribution is 5.80. The van der Waals surface area contributed by atoms with Gasteiger partial charge in [0.1, 0.15) is 18.1 Å². The molecule has 1 rings (SSSR count). The third-order valence-corrected chi connectivity index (χ3v) is 2.11. The number of benzene rings is 1. The Balaban J connectivity index is 3.12. The molecular formula is C12H11NO4. The van der Waals surface area contributed by atoms with E-state index in [1.807, 2.05) is 0 Å². The Hall–Kier alpha value is -2.35. The summed E-state index contributed by atoms with van der Waals surface area (Å²) in [5, 5.41) is 18.4. The summed E-state index contributed by atoms with van der Waals surface area (Å²) in [5.74, 6) is -0.817. The smallest absolute Gasteiger partial charge is 0.310 e. The first-order valence-electron chi connectivity index (χ1n) is 4.99. The molecule has 1 N–H and O–H groups in total. The van der Waals surface area contributed by atoms with E-state index in [1.165, 1.54) is 12.1 Å². The van der Waals surface area contributed by atoms with Gasteiger partial charge in [-0.15, -0.1) is 0 Å². The first-order chi connectivity index (χ1) is 8.12. The number of carbonyl (C=O) groups excluding carboxylic acids is 2. The van der Waals surface area contributed by atoms with Crippen LogP contribution in [0.2, 0.25) is 0 Å². The van der Waals surface area contributed by atoms with E-state index in [0.29, 0.717) is 6.29 Å². The first-order valence-corrected chi connectivity index (χ1v) is 4.99. The number of nitriles is 1. The van der Waals surface area contributed by atoms with E-state index in [0.717, 1.165) is 0 Å². The molecule has 5 nitrogen and oxygen atoms in total.